The lowest BCUT2D eigenvalue weighted by atomic mass is 9.96. The summed E-state index contributed by atoms with van der Waals surface area (Å²) in [5, 5.41) is 4.12. The molecule has 0 bridgehead atoms. The molecule has 0 radical (unpaired) electrons. The van der Waals surface area contributed by atoms with Crippen LogP contribution in [-0.4, -0.2) is 36.0 Å². The van der Waals surface area contributed by atoms with Crippen LogP contribution in [0.2, 0.25) is 0 Å². The van der Waals surface area contributed by atoms with Crippen molar-refractivity contribution in [2.45, 2.75) is 38.0 Å². The zero-order chi connectivity index (χ0) is 20.4. The lowest BCUT2D eigenvalue weighted by molar-refractivity contribution is 0.247. The first kappa shape index (κ1) is 19.8. The van der Waals surface area contributed by atoms with Gasteiger partial charge in [0.15, 0.2) is 0 Å². The second-order valence-corrected chi connectivity index (χ2v) is 9.65. The van der Waals surface area contributed by atoms with Crippen LogP contribution in [0.5, 0.6) is 0 Å². The average Bonchev–Trinajstić information content (AvgIpc) is 3.17. The van der Waals surface area contributed by atoms with Gasteiger partial charge in [-0.2, -0.15) is 9.29 Å². The van der Waals surface area contributed by atoms with Crippen molar-refractivity contribution in [2.24, 2.45) is 5.92 Å². The highest BCUT2D eigenvalue weighted by molar-refractivity contribution is 7.89. The summed E-state index contributed by atoms with van der Waals surface area (Å²) in [6.07, 6.45) is 2.36. The van der Waals surface area contributed by atoms with Gasteiger partial charge in [-0.1, -0.05) is 47.1 Å². The van der Waals surface area contributed by atoms with Crippen LogP contribution in [0.4, 0.5) is 0 Å². The van der Waals surface area contributed by atoms with Crippen molar-refractivity contribution < 1.29 is 12.9 Å². The second kappa shape index (κ2) is 8.08. The van der Waals surface area contributed by atoms with Gasteiger partial charge >= 0.3 is 0 Å². The number of aromatic nitrogens is 2. The minimum atomic E-state index is -3.48. The van der Waals surface area contributed by atoms with E-state index < -0.39 is 10.0 Å². The Morgan fingerprint density at radius 1 is 1.10 bits per heavy atom. The van der Waals surface area contributed by atoms with Gasteiger partial charge in [-0.25, -0.2) is 8.42 Å². The van der Waals surface area contributed by atoms with E-state index in [0.29, 0.717) is 36.1 Å². The van der Waals surface area contributed by atoms with E-state index in [1.165, 1.54) is 0 Å². The van der Waals surface area contributed by atoms with Crippen molar-refractivity contribution >= 4 is 10.0 Å². The molecule has 6 nitrogen and oxygen atoms in total. The third-order valence-corrected chi connectivity index (χ3v) is 7.34. The minimum absolute atomic E-state index is 0.161. The molecule has 7 heteroatoms. The van der Waals surface area contributed by atoms with Gasteiger partial charge in [-0.3, -0.25) is 0 Å². The van der Waals surface area contributed by atoms with Crippen LogP contribution in [0.3, 0.4) is 0 Å². The molecule has 2 aromatic carbocycles. The molecule has 1 saturated heterocycles. The Bertz CT molecular complexity index is 1090. The molecule has 0 saturated carbocycles. The first-order valence-corrected chi connectivity index (χ1v) is 11.3. The maximum absolute atomic E-state index is 13.0. The molecule has 152 valence electrons. The van der Waals surface area contributed by atoms with Crippen molar-refractivity contribution in [2.75, 3.05) is 13.1 Å². The zero-order valence-electron chi connectivity index (χ0n) is 16.7. The van der Waals surface area contributed by atoms with E-state index >= 15 is 0 Å². The second-order valence-electron chi connectivity index (χ2n) is 7.72. The van der Waals surface area contributed by atoms with Gasteiger partial charge in [0, 0.05) is 25.1 Å². The van der Waals surface area contributed by atoms with E-state index in [1.54, 1.807) is 16.4 Å². The summed E-state index contributed by atoms with van der Waals surface area (Å²) in [4.78, 5) is 4.90. The Balaban J connectivity index is 1.47. The van der Waals surface area contributed by atoms with Crippen LogP contribution >= 0.6 is 0 Å². The van der Waals surface area contributed by atoms with E-state index in [-0.39, 0.29) is 5.92 Å². The third kappa shape index (κ3) is 4.26. The molecule has 1 fully saturated rings. The first-order chi connectivity index (χ1) is 13.9. The van der Waals surface area contributed by atoms with E-state index in [1.807, 2.05) is 50.2 Å². The molecule has 0 N–H and O–H groups in total. The van der Waals surface area contributed by atoms with Crippen molar-refractivity contribution in [3.8, 4) is 11.4 Å². The molecular formula is C22H25N3O3S. The summed E-state index contributed by atoms with van der Waals surface area (Å²) in [5.74, 6) is 1.30. The van der Waals surface area contributed by atoms with Crippen LogP contribution in [0, 0.1) is 19.8 Å². The molecule has 1 aliphatic heterocycles. The number of piperidine rings is 1. The molecule has 2 heterocycles. The van der Waals surface area contributed by atoms with Gasteiger partial charge < -0.3 is 4.52 Å². The van der Waals surface area contributed by atoms with Gasteiger partial charge in [0.2, 0.25) is 21.7 Å². The van der Waals surface area contributed by atoms with Gasteiger partial charge in [-0.15, -0.1) is 0 Å². The van der Waals surface area contributed by atoms with Crippen LogP contribution < -0.4 is 0 Å². The number of benzene rings is 2. The Morgan fingerprint density at radius 2 is 1.86 bits per heavy atom. The van der Waals surface area contributed by atoms with Crippen molar-refractivity contribution in [1.82, 2.24) is 14.4 Å². The van der Waals surface area contributed by atoms with Gasteiger partial charge in [0.05, 0.1) is 4.90 Å². The SMILES string of the molecule is Cc1ccc(S(=O)(=O)N2CCCC(Cc3nc(-c4ccccc4C)no3)C2)cc1. The summed E-state index contributed by atoms with van der Waals surface area (Å²) >= 11 is 0. The van der Waals surface area contributed by atoms with Crippen LogP contribution in [0.15, 0.2) is 57.9 Å². The Morgan fingerprint density at radius 3 is 2.62 bits per heavy atom. The molecule has 0 amide bonds. The Labute approximate surface area is 171 Å². The summed E-state index contributed by atoms with van der Waals surface area (Å²) in [6, 6.07) is 14.9. The monoisotopic (exact) mass is 411 g/mol. The number of hydrogen-bond donors (Lipinski definition) is 0. The molecule has 29 heavy (non-hydrogen) atoms. The highest BCUT2D eigenvalue weighted by atomic mass is 32.2. The normalized spacial score (nSPS) is 18.1. The number of nitrogens with zero attached hydrogens (tertiary/aromatic N) is 3. The largest absolute Gasteiger partial charge is 0.339 e. The van der Waals surface area contributed by atoms with E-state index in [2.05, 4.69) is 10.1 Å². The molecule has 1 unspecified atom stereocenters. The number of rotatable bonds is 5. The first-order valence-electron chi connectivity index (χ1n) is 9.89. The molecule has 1 atom stereocenters. The van der Waals surface area contributed by atoms with Crippen LogP contribution in [0.1, 0.15) is 29.9 Å². The number of sulfonamides is 1. The smallest absolute Gasteiger partial charge is 0.243 e. The zero-order valence-corrected chi connectivity index (χ0v) is 17.5. The fourth-order valence-electron chi connectivity index (χ4n) is 3.79. The molecular weight excluding hydrogens is 386 g/mol. The van der Waals surface area contributed by atoms with Gasteiger partial charge in [0.1, 0.15) is 0 Å². The lowest BCUT2D eigenvalue weighted by Gasteiger charge is -2.31. The minimum Gasteiger partial charge on any atom is -0.339 e. The van der Waals surface area contributed by atoms with Crippen molar-refractivity contribution in [3.05, 3.63) is 65.5 Å². The standard InChI is InChI=1S/C22H25N3O3S/c1-16-9-11-19(12-10-16)29(26,27)25-13-5-7-18(15-25)14-21-23-22(24-28-21)20-8-4-3-6-17(20)2/h3-4,6,8-12,18H,5,7,13-15H2,1-2H3. The summed E-state index contributed by atoms with van der Waals surface area (Å²) in [5.41, 5.74) is 3.09. The van der Waals surface area contributed by atoms with Crippen molar-refractivity contribution in [3.63, 3.8) is 0 Å². The highest BCUT2D eigenvalue weighted by Crippen LogP contribution is 2.27. The predicted octanol–water partition coefficient (Wildman–Crippen LogP) is 4.00. The average molecular weight is 412 g/mol. The molecule has 1 aliphatic rings. The predicted molar refractivity (Wildman–Crippen MR) is 111 cm³/mol. The lowest BCUT2D eigenvalue weighted by Crippen LogP contribution is -2.40. The van der Waals surface area contributed by atoms with Crippen LogP contribution in [0.25, 0.3) is 11.4 Å². The summed E-state index contributed by atoms with van der Waals surface area (Å²) in [7, 11) is -3.48. The summed E-state index contributed by atoms with van der Waals surface area (Å²) in [6.45, 7) is 4.98. The van der Waals surface area contributed by atoms with Crippen LogP contribution in [-0.2, 0) is 16.4 Å². The maximum Gasteiger partial charge on any atom is 0.243 e. The van der Waals surface area contributed by atoms with Gasteiger partial charge in [-0.05, 0) is 50.3 Å². The molecule has 0 aliphatic carbocycles. The van der Waals surface area contributed by atoms with E-state index in [9.17, 15) is 8.42 Å². The fourth-order valence-corrected chi connectivity index (χ4v) is 5.34. The Kier molecular flexibility index (Phi) is 5.52. The highest BCUT2D eigenvalue weighted by Gasteiger charge is 2.31. The summed E-state index contributed by atoms with van der Waals surface area (Å²) < 4.78 is 33.0. The Hall–Kier alpha value is -2.51. The van der Waals surface area contributed by atoms with Crippen molar-refractivity contribution in [1.29, 1.82) is 0 Å². The number of hydrogen-bond acceptors (Lipinski definition) is 5. The quantitative estimate of drug-likeness (QED) is 0.634. The third-order valence-electron chi connectivity index (χ3n) is 5.46. The van der Waals surface area contributed by atoms with E-state index in [4.69, 9.17) is 4.52 Å². The topological polar surface area (TPSA) is 76.3 Å². The molecule has 3 aromatic rings. The van der Waals surface area contributed by atoms with E-state index in [0.717, 1.165) is 29.5 Å². The molecule has 4 rings (SSSR count). The number of aryl methyl sites for hydroxylation is 2. The van der Waals surface area contributed by atoms with Gasteiger partial charge in [0.25, 0.3) is 0 Å². The molecule has 0 spiro atoms. The fraction of sp³-hybridized carbons (Fsp3) is 0.364. The molecule has 1 aromatic heterocycles. The maximum atomic E-state index is 13.0.